The molecule has 1 unspecified atom stereocenters. The minimum Gasteiger partial charge on any atom is -0.481 e. The zero-order chi connectivity index (χ0) is 19.2. The lowest BCUT2D eigenvalue weighted by atomic mass is 9.90. The Bertz CT molecular complexity index is 902. The first-order valence-corrected chi connectivity index (χ1v) is 9.55. The van der Waals surface area contributed by atoms with Crippen LogP contribution >= 0.6 is 11.6 Å². The fraction of sp³-hybridized carbons (Fsp3) is 0.474. The number of hydrogen-bond acceptors (Lipinski definition) is 4. The van der Waals surface area contributed by atoms with Crippen LogP contribution in [0.25, 0.3) is 5.69 Å². The number of amides is 1. The van der Waals surface area contributed by atoms with Crippen LogP contribution in [0.3, 0.4) is 0 Å². The summed E-state index contributed by atoms with van der Waals surface area (Å²) in [5, 5.41) is 18.1. The van der Waals surface area contributed by atoms with Crippen LogP contribution in [0.5, 0.6) is 0 Å². The van der Waals surface area contributed by atoms with Gasteiger partial charge < -0.3 is 10.0 Å². The molecule has 7 nitrogen and oxygen atoms in total. The quantitative estimate of drug-likeness (QED) is 0.870. The predicted octanol–water partition coefficient (Wildman–Crippen LogP) is 2.81. The summed E-state index contributed by atoms with van der Waals surface area (Å²) in [5.74, 6) is -1.10. The average Bonchev–Trinajstić information content (AvgIpc) is 3.19. The van der Waals surface area contributed by atoms with Gasteiger partial charge in [0.1, 0.15) is 0 Å². The van der Waals surface area contributed by atoms with Gasteiger partial charge in [0.2, 0.25) is 0 Å². The maximum atomic E-state index is 13.0. The molecule has 1 N–H and O–H groups in total. The summed E-state index contributed by atoms with van der Waals surface area (Å²) >= 11 is 6.07. The second-order valence-corrected chi connectivity index (χ2v) is 7.82. The van der Waals surface area contributed by atoms with E-state index in [1.807, 2.05) is 19.1 Å². The number of aromatic nitrogens is 3. The lowest BCUT2D eigenvalue weighted by Crippen LogP contribution is -2.40. The highest BCUT2D eigenvalue weighted by atomic mass is 35.5. The number of piperidine rings is 1. The molecule has 1 saturated heterocycles. The maximum Gasteiger partial charge on any atom is 0.307 e. The van der Waals surface area contributed by atoms with Gasteiger partial charge in [-0.3, -0.25) is 9.59 Å². The molecule has 142 valence electrons. The number of carbonyl (C=O) groups is 2. The number of hydrogen-bond donors (Lipinski definition) is 1. The Morgan fingerprint density at radius 2 is 2.07 bits per heavy atom. The van der Waals surface area contributed by atoms with Crippen molar-refractivity contribution >= 4 is 23.5 Å². The van der Waals surface area contributed by atoms with Crippen LogP contribution in [-0.4, -0.2) is 50.0 Å². The van der Waals surface area contributed by atoms with E-state index < -0.39 is 5.97 Å². The Kier molecular flexibility index (Phi) is 4.42. The Labute approximate surface area is 161 Å². The molecule has 1 aromatic carbocycles. The van der Waals surface area contributed by atoms with Gasteiger partial charge in [-0.15, -0.1) is 5.10 Å². The second-order valence-electron chi connectivity index (χ2n) is 7.38. The normalized spacial score (nSPS) is 20.7. The minimum absolute atomic E-state index is 0.103. The third-order valence-electron chi connectivity index (χ3n) is 5.89. The van der Waals surface area contributed by atoms with E-state index in [0.29, 0.717) is 30.2 Å². The number of carboxylic acids is 1. The molecule has 1 aromatic heterocycles. The number of rotatable bonds is 4. The van der Waals surface area contributed by atoms with Crippen LogP contribution in [0.2, 0.25) is 5.02 Å². The number of nitrogens with zero attached hydrogens (tertiary/aromatic N) is 4. The van der Waals surface area contributed by atoms with Gasteiger partial charge in [-0.05, 0) is 49.3 Å². The molecule has 2 aromatic rings. The highest BCUT2D eigenvalue weighted by molar-refractivity contribution is 6.30. The number of carboxylic acid groups (broad SMARTS) is 1. The van der Waals surface area contributed by atoms with Crippen molar-refractivity contribution in [3.05, 3.63) is 40.7 Å². The first-order valence-electron chi connectivity index (χ1n) is 9.18. The van der Waals surface area contributed by atoms with E-state index >= 15 is 0 Å². The van der Waals surface area contributed by atoms with E-state index in [4.69, 9.17) is 11.6 Å². The van der Waals surface area contributed by atoms with Crippen molar-refractivity contribution in [3.8, 4) is 5.69 Å². The molecular weight excluding hydrogens is 368 g/mol. The molecule has 27 heavy (non-hydrogen) atoms. The topological polar surface area (TPSA) is 88.3 Å². The molecule has 0 bridgehead atoms. The van der Waals surface area contributed by atoms with Crippen molar-refractivity contribution in [2.24, 2.45) is 11.3 Å². The maximum absolute atomic E-state index is 13.0. The summed E-state index contributed by atoms with van der Waals surface area (Å²) in [6.45, 7) is 3.09. The van der Waals surface area contributed by atoms with Gasteiger partial charge in [0, 0.05) is 18.1 Å². The van der Waals surface area contributed by atoms with Crippen molar-refractivity contribution in [2.75, 3.05) is 13.1 Å². The molecule has 2 fully saturated rings. The van der Waals surface area contributed by atoms with Crippen molar-refractivity contribution in [3.63, 3.8) is 0 Å². The van der Waals surface area contributed by atoms with Gasteiger partial charge in [0.05, 0.1) is 17.3 Å². The summed E-state index contributed by atoms with van der Waals surface area (Å²) in [7, 11) is 0. The monoisotopic (exact) mass is 388 g/mol. The molecular formula is C19H21ClN4O3. The molecule has 2 aliphatic rings. The van der Waals surface area contributed by atoms with Crippen LogP contribution in [0.15, 0.2) is 24.3 Å². The lowest BCUT2D eigenvalue weighted by Gasteiger charge is -2.32. The standard InChI is InChI=1S/C19H21ClN4O3/c1-2-15-16(21-22-24(15)13-5-3-4-12(20)10-13)17(25)23-8-6-19(7-9-23)11-14(19)18(26)27/h3-5,10,14H,2,6-9,11H2,1H3,(H,26,27). The van der Waals surface area contributed by atoms with Gasteiger partial charge in [0.15, 0.2) is 5.69 Å². The Morgan fingerprint density at radius 3 is 2.67 bits per heavy atom. The summed E-state index contributed by atoms with van der Waals surface area (Å²) < 4.78 is 1.66. The molecule has 1 atom stereocenters. The zero-order valence-corrected chi connectivity index (χ0v) is 15.8. The van der Waals surface area contributed by atoms with Gasteiger partial charge in [-0.2, -0.15) is 0 Å². The molecule has 0 radical (unpaired) electrons. The molecule has 2 heterocycles. The van der Waals surface area contributed by atoms with Gasteiger partial charge in [-0.1, -0.05) is 29.8 Å². The Hall–Kier alpha value is -2.41. The lowest BCUT2D eigenvalue weighted by molar-refractivity contribution is -0.139. The smallest absolute Gasteiger partial charge is 0.307 e. The predicted molar refractivity (Wildman–Crippen MR) is 99.1 cm³/mol. The summed E-state index contributed by atoms with van der Waals surface area (Å²) in [6, 6.07) is 7.27. The molecule has 8 heteroatoms. The van der Waals surface area contributed by atoms with Gasteiger partial charge in [-0.25, -0.2) is 4.68 Å². The first kappa shape index (κ1) is 18.0. The second kappa shape index (κ2) is 6.64. The molecule has 1 spiro atoms. The number of aliphatic carboxylic acids is 1. The third kappa shape index (κ3) is 3.10. The highest BCUT2D eigenvalue weighted by Crippen LogP contribution is 2.59. The molecule has 4 rings (SSSR count). The fourth-order valence-electron chi connectivity index (χ4n) is 4.15. The van der Waals surface area contributed by atoms with Crippen LogP contribution in [-0.2, 0) is 11.2 Å². The van der Waals surface area contributed by atoms with Crippen molar-refractivity contribution < 1.29 is 14.7 Å². The highest BCUT2D eigenvalue weighted by Gasteiger charge is 2.59. The summed E-state index contributed by atoms with van der Waals surface area (Å²) in [4.78, 5) is 26.0. The number of carbonyl (C=O) groups excluding carboxylic acids is 1. The first-order chi connectivity index (χ1) is 12.9. The zero-order valence-electron chi connectivity index (χ0n) is 15.1. The summed E-state index contributed by atoms with van der Waals surface area (Å²) in [6.07, 6.45) is 2.81. The van der Waals surface area contributed by atoms with Gasteiger partial charge >= 0.3 is 5.97 Å². The van der Waals surface area contributed by atoms with Gasteiger partial charge in [0.25, 0.3) is 5.91 Å². The molecule has 1 aliphatic heterocycles. The minimum atomic E-state index is -0.715. The number of likely N-dealkylation sites (tertiary alicyclic amines) is 1. The van der Waals surface area contributed by atoms with Crippen LogP contribution < -0.4 is 0 Å². The van der Waals surface area contributed by atoms with Crippen molar-refractivity contribution in [1.82, 2.24) is 19.9 Å². The van der Waals surface area contributed by atoms with Crippen LogP contribution in [0, 0.1) is 11.3 Å². The third-order valence-corrected chi connectivity index (χ3v) is 6.12. The average molecular weight is 389 g/mol. The van der Waals surface area contributed by atoms with Crippen LogP contribution in [0.1, 0.15) is 42.4 Å². The largest absolute Gasteiger partial charge is 0.481 e. The molecule has 1 aliphatic carbocycles. The van der Waals surface area contributed by atoms with E-state index in [2.05, 4.69) is 10.3 Å². The van der Waals surface area contributed by atoms with E-state index in [-0.39, 0.29) is 17.2 Å². The Morgan fingerprint density at radius 1 is 1.33 bits per heavy atom. The van der Waals surface area contributed by atoms with E-state index in [9.17, 15) is 14.7 Å². The Balaban J connectivity index is 1.53. The number of halogens is 1. The van der Waals surface area contributed by atoms with Crippen molar-refractivity contribution in [1.29, 1.82) is 0 Å². The van der Waals surface area contributed by atoms with E-state index in [1.165, 1.54) is 0 Å². The molecule has 1 saturated carbocycles. The summed E-state index contributed by atoms with van der Waals surface area (Å²) in [5.41, 5.74) is 1.77. The fourth-order valence-corrected chi connectivity index (χ4v) is 4.34. The number of benzene rings is 1. The van der Waals surface area contributed by atoms with Crippen molar-refractivity contribution in [2.45, 2.75) is 32.6 Å². The van der Waals surface area contributed by atoms with E-state index in [0.717, 1.165) is 30.6 Å². The van der Waals surface area contributed by atoms with Crippen LogP contribution in [0.4, 0.5) is 0 Å². The van der Waals surface area contributed by atoms with E-state index in [1.54, 1.807) is 21.7 Å². The molecule has 1 amide bonds. The SMILES string of the molecule is CCc1c(C(=O)N2CCC3(CC2)CC3C(=O)O)nnn1-c1cccc(Cl)c1.